The van der Waals surface area contributed by atoms with Crippen molar-refractivity contribution in [2.24, 2.45) is 0 Å². The second-order valence-electron chi connectivity index (χ2n) is 6.55. The van der Waals surface area contributed by atoms with E-state index in [0.717, 1.165) is 47.7 Å². The molecule has 5 heteroatoms. The maximum atomic E-state index is 12.9. The minimum absolute atomic E-state index is 0.0306. The Labute approximate surface area is 147 Å². The van der Waals surface area contributed by atoms with Gasteiger partial charge in [-0.25, -0.2) is 0 Å². The normalized spacial score (nSPS) is 18.0. The van der Waals surface area contributed by atoms with Crippen LogP contribution in [-0.2, 0) is 6.42 Å². The van der Waals surface area contributed by atoms with Gasteiger partial charge in [0.1, 0.15) is 6.61 Å². The highest BCUT2D eigenvalue weighted by molar-refractivity contribution is 5.97. The third kappa shape index (κ3) is 3.14. The molecule has 2 aromatic rings. The Bertz CT molecular complexity index is 790. The molecule has 1 N–H and O–H groups in total. The van der Waals surface area contributed by atoms with Gasteiger partial charge in [0.25, 0.3) is 5.91 Å². The predicted octanol–water partition coefficient (Wildman–Crippen LogP) is 2.96. The summed E-state index contributed by atoms with van der Waals surface area (Å²) in [6, 6.07) is 13.5. The van der Waals surface area contributed by atoms with Crippen LogP contribution < -0.4 is 14.8 Å². The first-order valence-corrected chi connectivity index (χ1v) is 8.72. The van der Waals surface area contributed by atoms with Gasteiger partial charge in [0, 0.05) is 24.8 Å². The van der Waals surface area contributed by atoms with Crippen molar-refractivity contribution in [3.63, 3.8) is 0 Å². The van der Waals surface area contributed by atoms with E-state index in [2.05, 4.69) is 5.32 Å². The van der Waals surface area contributed by atoms with E-state index in [0.29, 0.717) is 13.2 Å². The van der Waals surface area contributed by atoms with E-state index in [1.807, 2.05) is 49.5 Å². The molecular weight excluding hydrogens is 316 g/mol. The van der Waals surface area contributed by atoms with Gasteiger partial charge in [-0.1, -0.05) is 18.2 Å². The first-order valence-electron chi connectivity index (χ1n) is 8.72. The summed E-state index contributed by atoms with van der Waals surface area (Å²) in [5.74, 6) is 1.53. The molecule has 0 spiro atoms. The highest BCUT2D eigenvalue weighted by Gasteiger charge is 2.26. The van der Waals surface area contributed by atoms with Crippen molar-refractivity contribution in [1.82, 2.24) is 4.90 Å². The number of para-hydroxylation sites is 2. The first kappa shape index (κ1) is 15.8. The summed E-state index contributed by atoms with van der Waals surface area (Å²) in [5, 5.41) is 3.37. The molecule has 0 aromatic heterocycles. The van der Waals surface area contributed by atoms with Crippen LogP contribution in [0.25, 0.3) is 0 Å². The number of anilines is 1. The first-order chi connectivity index (χ1) is 12.2. The minimum Gasteiger partial charge on any atom is -0.486 e. The average Bonchev–Trinajstić information content (AvgIpc) is 2.67. The summed E-state index contributed by atoms with van der Waals surface area (Å²) >= 11 is 0. The second kappa shape index (κ2) is 6.67. The van der Waals surface area contributed by atoms with Gasteiger partial charge in [-0.15, -0.1) is 0 Å². The lowest BCUT2D eigenvalue weighted by Gasteiger charge is -2.30. The number of carbonyl (C=O) groups excluding carboxylic acids is 1. The zero-order chi connectivity index (χ0) is 17.2. The Kier molecular flexibility index (Phi) is 4.22. The molecule has 4 rings (SSSR count). The van der Waals surface area contributed by atoms with E-state index in [-0.39, 0.29) is 12.0 Å². The molecule has 0 bridgehead atoms. The molecule has 0 saturated carbocycles. The van der Waals surface area contributed by atoms with Crippen molar-refractivity contribution in [1.29, 1.82) is 0 Å². The van der Waals surface area contributed by atoms with E-state index in [1.165, 1.54) is 0 Å². The fraction of sp³-hybridized carbons (Fsp3) is 0.350. The Morgan fingerprint density at radius 1 is 1.20 bits per heavy atom. The number of fused-ring (bicyclic) bond motifs is 2. The molecule has 1 atom stereocenters. The van der Waals surface area contributed by atoms with Crippen LogP contribution in [0, 0.1) is 0 Å². The Hall–Kier alpha value is -2.69. The SMILES string of the molecule is CN(CC1COc2ccccc2O1)C(=O)c1cccc2c1CCCN2. The van der Waals surface area contributed by atoms with Crippen LogP contribution in [-0.4, -0.2) is 43.7 Å². The van der Waals surface area contributed by atoms with E-state index >= 15 is 0 Å². The van der Waals surface area contributed by atoms with Crippen molar-refractivity contribution in [3.8, 4) is 11.5 Å². The van der Waals surface area contributed by atoms with Gasteiger partial charge in [0.15, 0.2) is 17.6 Å². The van der Waals surface area contributed by atoms with Crippen LogP contribution in [0.2, 0.25) is 0 Å². The smallest absolute Gasteiger partial charge is 0.254 e. The number of rotatable bonds is 3. The lowest BCUT2D eigenvalue weighted by atomic mass is 9.97. The van der Waals surface area contributed by atoms with Gasteiger partial charge in [-0.2, -0.15) is 0 Å². The Balaban J connectivity index is 1.47. The molecular formula is C20H22N2O3. The molecule has 0 fully saturated rings. The number of likely N-dealkylation sites (N-methyl/N-ethyl adjacent to an activating group) is 1. The van der Waals surface area contributed by atoms with Crippen LogP contribution in [0.3, 0.4) is 0 Å². The summed E-state index contributed by atoms with van der Waals surface area (Å²) in [5.41, 5.74) is 2.98. The van der Waals surface area contributed by atoms with Crippen LogP contribution in [0.4, 0.5) is 5.69 Å². The average molecular weight is 338 g/mol. The topological polar surface area (TPSA) is 50.8 Å². The summed E-state index contributed by atoms with van der Waals surface area (Å²) in [7, 11) is 1.82. The van der Waals surface area contributed by atoms with Crippen LogP contribution in [0.15, 0.2) is 42.5 Å². The quantitative estimate of drug-likeness (QED) is 0.935. The third-order valence-electron chi connectivity index (χ3n) is 4.72. The predicted molar refractivity (Wildman–Crippen MR) is 96.6 cm³/mol. The van der Waals surface area contributed by atoms with Gasteiger partial charge < -0.3 is 19.7 Å². The summed E-state index contributed by atoms with van der Waals surface area (Å²) in [6.07, 6.45) is 1.83. The van der Waals surface area contributed by atoms with E-state index in [1.54, 1.807) is 4.90 Å². The van der Waals surface area contributed by atoms with Gasteiger partial charge >= 0.3 is 0 Å². The molecule has 2 heterocycles. The lowest BCUT2D eigenvalue weighted by Crippen LogP contribution is -2.42. The molecule has 2 aromatic carbocycles. The number of benzene rings is 2. The van der Waals surface area contributed by atoms with Crippen molar-refractivity contribution < 1.29 is 14.3 Å². The third-order valence-corrected chi connectivity index (χ3v) is 4.72. The fourth-order valence-corrected chi connectivity index (χ4v) is 3.46. The maximum Gasteiger partial charge on any atom is 0.254 e. The number of carbonyl (C=O) groups is 1. The van der Waals surface area contributed by atoms with Gasteiger partial charge in [-0.05, 0) is 42.7 Å². The molecule has 0 radical (unpaired) electrons. The van der Waals surface area contributed by atoms with Crippen molar-refractivity contribution in [2.75, 3.05) is 32.1 Å². The number of hydrogen-bond donors (Lipinski definition) is 1. The molecule has 25 heavy (non-hydrogen) atoms. The van der Waals surface area contributed by atoms with Gasteiger partial charge in [-0.3, -0.25) is 4.79 Å². The van der Waals surface area contributed by atoms with Gasteiger partial charge in [0.2, 0.25) is 0 Å². The van der Waals surface area contributed by atoms with E-state index < -0.39 is 0 Å². The summed E-state index contributed by atoms with van der Waals surface area (Å²) < 4.78 is 11.7. The Morgan fingerprint density at radius 2 is 2.04 bits per heavy atom. The maximum absolute atomic E-state index is 12.9. The number of nitrogens with zero attached hydrogens (tertiary/aromatic N) is 1. The van der Waals surface area contributed by atoms with Gasteiger partial charge in [0.05, 0.1) is 6.54 Å². The highest BCUT2D eigenvalue weighted by Crippen LogP contribution is 2.31. The largest absolute Gasteiger partial charge is 0.486 e. The second-order valence-corrected chi connectivity index (χ2v) is 6.55. The highest BCUT2D eigenvalue weighted by atomic mass is 16.6. The summed E-state index contributed by atoms with van der Waals surface area (Å²) in [4.78, 5) is 14.7. The minimum atomic E-state index is -0.165. The number of nitrogens with one attached hydrogen (secondary N) is 1. The molecule has 2 aliphatic heterocycles. The molecule has 0 saturated heterocycles. The fourth-order valence-electron chi connectivity index (χ4n) is 3.46. The summed E-state index contributed by atoms with van der Waals surface area (Å²) in [6.45, 7) is 1.90. The zero-order valence-electron chi connectivity index (χ0n) is 14.3. The molecule has 1 unspecified atom stereocenters. The van der Waals surface area contributed by atoms with Crippen LogP contribution in [0.5, 0.6) is 11.5 Å². The molecule has 2 aliphatic rings. The molecule has 5 nitrogen and oxygen atoms in total. The standard InChI is InChI=1S/C20H22N2O3/c1-22(12-14-13-24-18-9-2-3-10-19(18)25-14)20(23)16-6-4-8-17-15(16)7-5-11-21-17/h2-4,6,8-10,14,21H,5,7,11-13H2,1H3. The van der Waals surface area contributed by atoms with Crippen LogP contribution in [0.1, 0.15) is 22.3 Å². The monoisotopic (exact) mass is 338 g/mol. The van der Waals surface area contributed by atoms with Crippen LogP contribution >= 0.6 is 0 Å². The Morgan fingerprint density at radius 3 is 2.92 bits per heavy atom. The number of amides is 1. The number of ether oxygens (including phenoxy) is 2. The number of hydrogen-bond acceptors (Lipinski definition) is 4. The van der Waals surface area contributed by atoms with Crippen molar-refractivity contribution in [3.05, 3.63) is 53.6 Å². The van der Waals surface area contributed by atoms with Crippen molar-refractivity contribution in [2.45, 2.75) is 18.9 Å². The lowest BCUT2D eigenvalue weighted by molar-refractivity contribution is 0.0520. The zero-order valence-corrected chi connectivity index (χ0v) is 14.3. The van der Waals surface area contributed by atoms with E-state index in [4.69, 9.17) is 9.47 Å². The van der Waals surface area contributed by atoms with E-state index in [9.17, 15) is 4.79 Å². The molecule has 0 aliphatic carbocycles. The van der Waals surface area contributed by atoms with Crippen molar-refractivity contribution >= 4 is 11.6 Å². The molecule has 130 valence electrons. The molecule has 1 amide bonds.